The standard InChI is InChI=1S/C17H26N2OS/c1-3-13-5-6-15-14(11-13)12-16(21-15)17(20)19-8-4-7-18(2)9-10-19/h12-13H,3-11H2,1-2H3/p+1/t13-/m0/s1. The maximum atomic E-state index is 12.8. The van der Waals surface area contributed by atoms with Crippen molar-refractivity contribution in [1.29, 1.82) is 0 Å². The summed E-state index contributed by atoms with van der Waals surface area (Å²) in [6.07, 6.45) is 6.05. The highest BCUT2D eigenvalue weighted by molar-refractivity contribution is 7.14. The number of likely N-dealkylation sites (N-methyl/N-ethyl adjacent to an activating group) is 1. The first kappa shape index (κ1) is 15.0. The van der Waals surface area contributed by atoms with Gasteiger partial charge < -0.3 is 9.80 Å². The van der Waals surface area contributed by atoms with Crippen molar-refractivity contribution in [2.75, 3.05) is 33.2 Å². The summed E-state index contributed by atoms with van der Waals surface area (Å²) in [5, 5.41) is 0. The summed E-state index contributed by atoms with van der Waals surface area (Å²) in [6.45, 7) is 6.38. The molecule has 2 aliphatic rings. The van der Waals surface area contributed by atoms with Crippen LogP contribution in [0, 0.1) is 5.92 Å². The Labute approximate surface area is 131 Å². The molecule has 0 saturated carbocycles. The number of quaternary nitrogens is 1. The molecule has 0 bridgehead atoms. The largest absolute Gasteiger partial charge is 0.336 e. The average Bonchev–Trinajstić information content (AvgIpc) is 2.80. The van der Waals surface area contributed by atoms with Gasteiger partial charge in [-0.3, -0.25) is 4.79 Å². The first-order chi connectivity index (χ1) is 10.2. The number of thiophene rings is 1. The van der Waals surface area contributed by atoms with E-state index in [9.17, 15) is 4.79 Å². The van der Waals surface area contributed by atoms with Crippen molar-refractivity contribution in [3.05, 3.63) is 21.4 Å². The molecule has 1 unspecified atom stereocenters. The number of nitrogens with one attached hydrogen (secondary N) is 1. The average molecular weight is 307 g/mol. The number of fused-ring (bicyclic) bond motifs is 1. The number of carbonyl (C=O) groups is 1. The molecule has 21 heavy (non-hydrogen) atoms. The van der Waals surface area contributed by atoms with Crippen molar-refractivity contribution < 1.29 is 9.69 Å². The summed E-state index contributed by atoms with van der Waals surface area (Å²) in [5.74, 6) is 1.10. The molecule has 1 aliphatic carbocycles. The molecule has 4 heteroatoms. The summed E-state index contributed by atoms with van der Waals surface area (Å²) in [6, 6.07) is 2.20. The van der Waals surface area contributed by atoms with Gasteiger partial charge >= 0.3 is 0 Å². The van der Waals surface area contributed by atoms with Gasteiger partial charge in [-0.25, -0.2) is 0 Å². The normalized spacial score (nSPS) is 26.3. The molecule has 1 aromatic rings. The molecule has 116 valence electrons. The number of carbonyl (C=O) groups excluding carboxylic acids is 1. The molecular weight excluding hydrogens is 280 g/mol. The SMILES string of the molecule is CC[C@H]1CCc2sc(C(=O)N3CCC[NH+](C)CC3)cc2C1. The molecule has 0 aromatic carbocycles. The van der Waals surface area contributed by atoms with Crippen LogP contribution in [0.2, 0.25) is 0 Å². The lowest BCUT2D eigenvalue weighted by Crippen LogP contribution is -3.09. The minimum absolute atomic E-state index is 0.275. The van der Waals surface area contributed by atoms with E-state index in [1.165, 1.54) is 42.7 Å². The van der Waals surface area contributed by atoms with E-state index in [-0.39, 0.29) is 5.91 Å². The lowest BCUT2D eigenvalue weighted by atomic mass is 9.87. The number of nitrogens with zero attached hydrogens (tertiary/aromatic N) is 1. The Balaban J connectivity index is 1.72. The molecule has 1 amide bonds. The molecule has 1 aromatic heterocycles. The van der Waals surface area contributed by atoms with E-state index in [1.807, 2.05) is 0 Å². The third-order valence-corrected chi connectivity index (χ3v) is 6.33. The number of hydrogen-bond donors (Lipinski definition) is 1. The van der Waals surface area contributed by atoms with Crippen LogP contribution in [0.3, 0.4) is 0 Å². The van der Waals surface area contributed by atoms with Gasteiger partial charge in [0.15, 0.2) is 0 Å². The first-order valence-corrected chi connectivity index (χ1v) is 9.21. The Bertz CT molecular complexity index is 511. The van der Waals surface area contributed by atoms with Gasteiger partial charge in [-0.2, -0.15) is 0 Å². The van der Waals surface area contributed by atoms with Crippen molar-refractivity contribution in [1.82, 2.24) is 4.90 Å². The number of hydrogen-bond acceptors (Lipinski definition) is 2. The molecule has 2 atom stereocenters. The van der Waals surface area contributed by atoms with Crippen molar-refractivity contribution in [2.45, 2.75) is 39.0 Å². The third kappa shape index (κ3) is 3.32. The van der Waals surface area contributed by atoms with Crippen molar-refractivity contribution >= 4 is 17.2 Å². The van der Waals surface area contributed by atoms with Gasteiger partial charge in [0.1, 0.15) is 0 Å². The predicted octanol–water partition coefficient (Wildman–Crippen LogP) is 1.62. The molecular formula is C17H27N2OS+. The fraction of sp³-hybridized carbons (Fsp3) is 0.706. The fourth-order valence-corrected chi connectivity index (χ4v) is 4.72. The second-order valence-electron chi connectivity index (χ2n) is 6.68. The van der Waals surface area contributed by atoms with Crippen LogP contribution >= 0.6 is 11.3 Å². The van der Waals surface area contributed by atoms with Crippen LogP contribution in [0.4, 0.5) is 0 Å². The Morgan fingerprint density at radius 2 is 2.29 bits per heavy atom. The van der Waals surface area contributed by atoms with Crippen LogP contribution in [-0.4, -0.2) is 44.0 Å². The van der Waals surface area contributed by atoms with E-state index in [1.54, 1.807) is 16.2 Å². The van der Waals surface area contributed by atoms with E-state index >= 15 is 0 Å². The van der Waals surface area contributed by atoms with E-state index < -0.39 is 0 Å². The van der Waals surface area contributed by atoms with Crippen LogP contribution in [-0.2, 0) is 12.8 Å². The van der Waals surface area contributed by atoms with E-state index in [0.29, 0.717) is 0 Å². The molecule has 0 spiro atoms. The van der Waals surface area contributed by atoms with Gasteiger partial charge in [-0.05, 0) is 36.8 Å². The molecule has 3 nitrogen and oxygen atoms in total. The second kappa shape index (κ2) is 6.49. The van der Waals surface area contributed by atoms with Crippen LogP contribution in [0.15, 0.2) is 6.07 Å². The lowest BCUT2D eigenvalue weighted by molar-refractivity contribution is -0.877. The van der Waals surface area contributed by atoms with E-state index in [0.717, 1.165) is 36.9 Å². The Morgan fingerprint density at radius 3 is 3.10 bits per heavy atom. The lowest BCUT2D eigenvalue weighted by Gasteiger charge is -2.19. The maximum absolute atomic E-state index is 12.8. The zero-order valence-electron chi connectivity index (χ0n) is 13.3. The predicted molar refractivity (Wildman–Crippen MR) is 87.3 cm³/mol. The fourth-order valence-electron chi connectivity index (χ4n) is 3.55. The molecule has 1 saturated heterocycles. The summed E-state index contributed by atoms with van der Waals surface area (Å²) in [7, 11) is 2.22. The summed E-state index contributed by atoms with van der Waals surface area (Å²) >= 11 is 1.76. The Hall–Kier alpha value is -0.870. The van der Waals surface area contributed by atoms with Crippen LogP contribution in [0.1, 0.15) is 46.3 Å². The quantitative estimate of drug-likeness (QED) is 0.882. The molecule has 1 N–H and O–H groups in total. The third-order valence-electron chi connectivity index (χ3n) is 5.10. The zero-order valence-corrected chi connectivity index (χ0v) is 14.1. The van der Waals surface area contributed by atoms with Crippen LogP contribution < -0.4 is 4.90 Å². The second-order valence-corrected chi connectivity index (χ2v) is 7.82. The number of aryl methyl sites for hydroxylation is 1. The minimum atomic E-state index is 0.275. The summed E-state index contributed by atoms with van der Waals surface area (Å²) in [5.41, 5.74) is 1.46. The molecule has 0 radical (unpaired) electrons. The molecule has 3 rings (SSSR count). The molecule has 1 fully saturated rings. The van der Waals surface area contributed by atoms with Crippen LogP contribution in [0.25, 0.3) is 0 Å². The summed E-state index contributed by atoms with van der Waals surface area (Å²) in [4.78, 5) is 18.8. The highest BCUT2D eigenvalue weighted by Gasteiger charge is 2.25. The number of amides is 1. The first-order valence-electron chi connectivity index (χ1n) is 8.39. The monoisotopic (exact) mass is 307 g/mol. The zero-order chi connectivity index (χ0) is 14.8. The van der Waals surface area contributed by atoms with Gasteiger partial charge in [-0.15, -0.1) is 11.3 Å². The minimum Gasteiger partial charge on any atom is -0.336 e. The highest BCUT2D eigenvalue weighted by atomic mass is 32.1. The van der Waals surface area contributed by atoms with Gasteiger partial charge in [0.25, 0.3) is 5.91 Å². The maximum Gasteiger partial charge on any atom is 0.264 e. The molecule has 1 aliphatic heterocycles. The van der Waals surface area contributed by atoms with E-state index in [4.69, 9.17) is 0 Å². The van der Waals surface area contributed by atoms with Crippen LogP contribution in [0.5, 0.6) is 0 Å². The number of rotatable bonds is 2. The van der Waals surface area contributed by atoms with Gasteiger partial charge in [0.2, 0.25) is 0 Å². The summed E-state index contributed by atoms with van der Waals surface area (Å²) < 4.78 is 0. The highest BCUT2D eigenvalue weighted by Crippen LogP contribution is 2.34. The van der Waals surface area contributed by atoms with Gasteiger partial charge in [0, 0.05) is 17.8 Å². The topological polar surface area (TPSA) is 24.8 Å². The van der Waals surface area contributed by atoms with Crippen molar-refractivity contribution in [3.8, 4) is 0 Å². The Kier molecular flexibility index (Phi) is 4.65. The van der Waals surface area contributed by atoms with E-state index in [2.05, 4.69) is 24.9 Å². The Morgan fingerprint density at radius 1 is 1.43 bits per heavy atom. The van der Waals surface area contributed by atoms with Crippen molar-refractivity contribution in [3.63, 3.8) is 0 Å². The smallest absolute Gasteiger partial charge is 0.264 e. The van der Waals surface area contributed by atoms with Crippen molar-refractivity contribution in [2.24, 2.45) is 5.92 Å². The van der Waals surface area contributed by atoms with Gasteiger partial charge in [-0.1, -0.05) is 13.3 Å². The van der Waals surface area contributed by atoms with Gasteiger partial charge in [0.05, 0.1) is 31.6 Å². The molecule has 2 heterocycles.